The van der Waals surface area contributed by atoms with Gasteiger partial charge in [-0.2, -0.15) is 0 Å². The van der Waals surface area contributed by atoms with Crippen molar-refractivity contribution in [2.24, 2.45) is 5.41 Å². The smallest absolute Gasteiger partial charge is 0.0728 e. The first-order valence-corrected chi connectivity index (χ1v) is 6.78. The zero-order valence-electron chi connectivity index (χ0n) is 12.2. The van der Waals surface area contributed by atoms with Gasteiger partial charge in [0.15, 0.2) is 0 Å². The second kappa shape index (κ2) is 7.99. The highest BCUT2D eigenvalue weighted by Crippen LogP contribution is 2.18. The van der Waals surface area contributed by atoms with E-state index in [9.17, 15) is 0 Å². The van der Waals surface area contributed by atoms with Gasteiger partial charge in [-0.1, -0.05) is 50.8 Å². The lowest BCUT2D eigenvalue weighted by Gasteiger charge is -2.17. The van der Waals surface area contributed by atoms with Crippen LogP contribution in [0.25, 0.3) is 0 Å². The molecule has 1 N–H and O–H groups in total. The van der Waals surface area contributed by atoms with Crippen LogP contribution in [0.2, 0.25) is 0 Å². The van der Waals surface area contributed by atoms with Crippen LogP contribution in [0.5, 0.6) is 0 Å². The Labute approximate surface area is 116 Å². The van der Waals surface area contributed by atoms with Gasteiger partial charge in [-0.05, 0) is 23.5 Å². The first-order valence-electron chi connectivity index (χ1n) is 6.78. The molecule has 0 atom stereocenters. The Kier molecular flexibility index (Phi) is 6.62. The van der Waals surface area contributed by atoms with E-state index in [0.717, 1.165) is 24.2 Å². The molecule has 19 heavy (non-hydrogen) atoms. The highest BCUT2D eigenvalue weighted by Gasteiger charge is 2.09. The van der Waals surface area contributed by atoms with Crippen molar-refractivity contribution in [1.29, 1.82) is 0 Å². The highest BCUT2D eigenvalue weighted by atomic mass is 16.5. The molecule has 0 aromatic heterocycles. The number of aliphatic hydroxyl groups excluding tert-OH is 1. The summed E-state index contributed by atoms with van der Waals surface area (Å²) in [4.78, 5) is 0. The summed E-state index contributed by atoms with van der Waals surface area (Å²) >= 11 is 0. The zero-order chi connectivity index (χ0) is 14.1. The van der Waals surface area contributed by atoms with Crippen LogP contribution in [0.1, 0.15) is 44.7 Å². The number of rotatable bonds is 5. The zero-order valence-corrected chi connectivity index (χ0v) is 12.2. The minimum absolute atomic E-state index is 0.108. The van der Waals surface area contributed by atoms with Crippen molar-refractivity contribution in [3.8, 4) is 11.8 Å². The minimum atomic E-state index is 0.108. The summed E-state index contributed by atoms with van der Waals surface area (Å²) in [5.41, 5.74) is 2.41. The minimum Gasteiger partial charge on any atom is -0.395 e. The summed E-state index contributed by atoms with van der Waals surface area (Å²) < 4.78 is 5.73. The maximum atomic E-state index is 8.74. The van der Waals surface area contributed by atoms with Crippen molar-refractivity contribution in [3.05, 3.63) is 35.4 Å². The maximum absolute atomic E-state index is 8.74. The van der Waals surface area contributed by atoms with Crippen LogP contribution in [0.3, 0.4) is 0 Å². The fourth-order valence-electron chi connectivity index (χ4n) is 1.54. The number of hydrogen-bond acceptors (Lipinski definition) is 2. The van der Waals surface area contributed by atoms with Gasteiger partial charge < -0.3 is 9.84 Å². The lowest BCUT2D eigenvalue weighted by atomic mass is 9.93. The molecule has 0 heterocycles. The van der Waals surface area contributed by atoms with E-state index >= 15 is 0 Å². The second-order valence-electron chi connectivity index (χ2n) is 5.80. The van der Waals surface area contributed by atoms with E-state index in [-0.39, 0.29) is 6.61 Å². The van der Waals surface area contributed by atoms with Crippen molar-refractivity contribution in [2.75, 3.05) is 13.2 Å². The molecule has 0 saturated carbocycles. The predicted octanol–water partition coefficient (Wildman–Crippen LogP) is 3.37. The lowest BCUT2D eigenvalue weighted by Crippen LogP contribution is -2.09. The van der Waals surface area contributed by atoms with Crippen molar-refractivity contribution >= 4 is 0 Å². The topological polar surface area (TPSA) is 29.5 Å². The van der Waals surface area contributed by atoms with E-state index in [1.807, 2.05) is 24.3 Å². The van der Waals surface area contributed by atoms with Crippen LogP contribution in [-0.4, -0.2) is 18.3 Å². The third-order valence-corrected chi connectivity index (χ3v) is 2.73. The molecule has 2 heteroatoms. The Morgan fingerprint density at radius 3 is 2.63 bits per heavy atom. The summed E-state index contributed by atoms with van der Waals surface area (Å²) in [7, 11) is 0. The average Bonchev–Trinajstić information content (AvgIpc) is 2.35. The third-order valence-electron chi connectivity index (χ3n) is 2.73. The Bertz CT molecular complexity index is 433. The summed E-state index contributed by atoms with van der Waals surface area (Å²) in [5, 5.41) is 8.74. The number of aliphatic hydroxyl groups is 1. The fourth-order valence-corrected chi connectivity index (χ4v) is 1.54. The Balaban J connectivity index is 2.52. The van der Waals surface area contributed by atoms with E-state index in [4.69, 9.17) is 9.84 Å². The highest BCUT2D eigenvalue weighted by molar-refractivity contribution is 5.40. The van der Waals surface area contributed by atoms with Gasteiger partial charge in [-0.25, -0.2) is 0 Å². The molecular weight excluding hydrogens is 236 g/mol. The first kappa shape index (κ1) is 15.8. The number of benzene rings is 1. The Hall–Kier alpha value is -1.30. The van der Waals surface area contributed by atoms with Crippen LogP contribution in [0.4, 0.5) is 0 Å². The van der Waals surface area contributed by atoms with E-state index in [2.05, 4.69) is 32.6 Å². The molecule has 0 saturated heterocycles. The number of hydrogen-bond donors (Lipinski definition) is 1. The van der Waals surface area contributed by atoms with E-state index in [1.54, 1.807) is 0 Å². The normalized spacial score (nSPS) is 10.9. The quantitative estimate of drug-likeness (QED) is 0.649. The molecule has 104 valence electrons. The van der Waals surface area contributed by atoms with Crippen LogP contribution >= 0.6 is 0 Å². The third kappa shape index (κ3) is 7.00. The molecule has 0 bridgehead atoms. The van der Waals surface area contributed by atoms with Crippen molar-refractivity contribution in [1.82, 2.24) is 0 Å². The molecule has 0 radical (unpaired) electrons. The molecule has 0 aliphatic heterocycles. The van der Waals surface area contributed by atoms with Crippen LogP contribution in [-0.2, 0) is 11.3 Å². The molecule has 0 spiro atoms. The standard InChI is InChI=1S/C17H24O2/c1-17(2,3)11-13-19-14-16-10-5-4-8-15(16)9-6-7-12-18/h4-5,8,10,18H,7,11-14H2,1-3H3. The van der Waals surface area contributed by atoms with E-state index < -0.39 is 0 Å². The molecule has 2 nitrogen and oxygen atoms in total. The largest absolute Gasteiger partial charge is 0.395 e. The molecule has 1 rings (SSSR count). The molecule has 0 aliphatic carbocycles. The van der Waals surface area contributed by atoms with Gasteiger partial charge in [0, 0.05) is 18.6 Å². The SMILES string of the molecule is CC(C)(C)CCOCc1ccccc1C#CCCO. The summed E-state index contributed by atoms with van der Waals surface area (Å²) in [6.45, 7) is 8.11. The number of ether oxygens (including phenoxy) is 1. The predicted molar refractivity (Wildman–Crippen MR) is 78.8 cm³/mol. The summed E-state index contributed by atoms with van der Waals surface area (Å²) in [5.74, 6) is 6.03. The molecule has 0 amide bonds. The van der Waals surface area contributed by atoms with Gasteiger partial charge in [0.2, 0.25) is 0 Å². The molecule has 0 fully saturated rings. The van der Waals surface area contributed by atoms with Gasteiger partial charge >= 0.3 is 0 Å². The monoisotopic (exact) mass is 260 g/mol. The van der Waals surface area contributed by atoms with Gasteiger partial charge in [-0.15, -0.1) is 0 Å². The van der Waals surface area contributed by atoms with Gasteiger partial charge in [0.05, 0.1) is 13.2 Å². The van der Waals surface area contributed by atoms with Gasteiger partial charge in [0.1, 0.15) is 0 Å². The summed E-state index contributed by atoms with van der Waals surface area (Å²) in [6, 6.07) is 8.01. The Morgan fingerprint density at radius 1 is 1.21 bits per heavy atom. The Morgan fingerprint density at radius 2 is 1.95 bits per heavy atom. The van der Waals surface area contributed by atoms with Crippen LogP contribution in [0.15, 0.2) is 24.3 Å². The molecule has 0 aliphatic rings. The molecule has 0 unspecified atom stereocenters. The van der Waals surface area contributed by atoms with Crippen LogP contribution in [0, 0.1) is 17.3 Å². The van der Waals surface area contributed by atoms with Crippen molar-refractivity contribution < 1.29 is 9.84 Å². The van der Waals surface area contributed by atoms with Crippen molar-refractivity contribution in [3.63, 3.8) is 0 Å². The fraction of sp³-hybridized carbons (Fsp3) is 0.529. The molecular formula is C17H24O2. The molecule has 1 aromatic carbocycles. The van der Waals surface area contributed by atoms with Crippen LogP contribution < -0.4 is 0 Å². The average molecular weight is 260 g/mol. The van der Waals surface area contributed by atoms with Gasteiger partial charge in [-0.3, -0.25) is 0 Å². The molecule has 1 aromatic rings. The van der Waals surface area contributed by atoms with Crippen molar-refractivity contribution in [2.45, 2.75) is 40.2 Å². The lowest BCUT2D eigenvalue weighted by molar-refractivity contribution is 0.0961. The van der Waals surface area contributed by atoms with Gasteiger partial charge in [0.25, 0.3) is 0 Å². The van der Waals surface area contributed by atoms with E-state index in [0.29, 0.717) is 18.4 Å². The van der Waals surface area contributed by atoms with E-state index in [1.165, 1.54) is 0 Å². The maximum Gasteiger partial charge on any atom is 0.0728 e. The summed E-state index contributed by atoms with van der Waals surface area (Å²) in [6.07, 6.45) is 1.56. The first-order chi connectivity index (χ1) is 9.03. The second-order valence-corrected chi connectivity index (χ2v) is 5.80.